The number of ether oxygens (including phenoxy) is 1. The van der Waals surface area contributed by atoms with E-state index in [4.69, 9.17) is 22.7 Å². The van der Waals surface area contributed by atoms with Gasteiger partial charge < -0.3 is 15.4 Å². The van der Waals surface area contributed by atoms with E-state index in [1.54, 1.807) is 7.11 Å². The van der Waals surface area contributed by atoms with Crippen LogP contribution in [-0.4, -0.2) is 42.1 Å². The monoisotopic (exact) mass is 270 g/mol. The van der Waals surface area contributed by atoms with Crippen LogP contribution in [0.1, 0.15) is 32.6 Å². The lowest BCUT2D eigenvalue weighted by Crippen LogP contribution is -2.58. The van der Waals surface area contributed by atoms with Gasteiger partial charge in [-0.25, -0.2) is 0 Å². The number of piperidine rings is 1. The molecule has 4 nitrogen and oxygen atoms in total. The van der Waals surface area contributed by atoms with Crippen molar-refractivity contribution in [2.75, 3.05) is 20.2 Å². The fraction of sp³-hybridized carbons (Fsp3) is 0.846. The molecular weight excluding hydrogens is 248 g/mol. The zero-order chi connectivity index (χ0) is 13.3. The molecule has 2 unspecified atom stereocenters. The summed E-state index contributed by atoms with van der Waals surface area (Å²) in [7, 11) is 1.71. The van der Waals surface area contributed by atoms with E-state index in [2.05, 4.69) is 6.92 Å². The van der Waals surface area contributed by atoms with Crippen molar-refractivity contribution in [3.8, 4) is 0 Å². The lowest BCUT2D eigenvalue weighted by atomic mass is 9.67. The van der Waals surface area contributed by atoms with Crippen LogP contribution >= 0.6 is 12.2 Å². The van der Waals surface area contributed by atoms with E-state index >= 15 is 0 Å². The topological polar surface area (TPSA) is 55.6 Å². The Balaban J connectivity index is 2.07. The molecule has 1 aliphatic heterocycles. The average molecular weight is 270 g/mol. The Bertz CT molecular complexity index is 355. The highest BCUT2D eigenvalue weighted by atomic mass is 32.1. The van der Waals surface area contributed by atoms with E-state index in [0.717, 1.165) is 32.2 Å². The van der Waals surface area contributed by atoms with Gasteiger partial charge in [-0.3, -0.25) is 4.79 Å². The molecule has 0 aromatic carbocycles. The zero-order valence-electron chi connectivity index (χ0n) is 11.1. The molecule has 1 heterocycles. The summed E-state index contributed by atoms with van der Waals surface area (Å²) in [5.74, 6) is 0.622. The van der Waals surface area contributed by atoms with Crippen molar-refractivity contribution in [2.24, 2.45) is 17.1 Å². The molecule has 18 heavy (non-hydrogen) atoms. The summed E-state index contributed by atoms with van der Waals surface area (Å²) in [6.07, 6.45) is 3.78. The number of hydrogen-bond donors (Lipinski definition) is 1. The molecule has 1 aliphatic carbocycles. The Morgan fingerprint density at radius 2 is 2.17 bits per heavy atom. The summed E-state index contributed by atoms with van der Waals surface area (Å²) in [4.78, 5) is 14.9. The maximum Gasteiger partial charge on any atom is 0.235 e. The van der Waals surface area contributed by atoms with Gasteiger partial charge >= 0.3 is 0 Å². The van der Waals surface area contributed by atoms with Gasteiger partial charge in [-0.2, -0.15) is 0 Å². The molecule has 1 amide bonds. The first-order chi connectivity index (χ1) is 8.51. The third-order valence-corrected chi connectivity index (χ3v) is 4.96. The minimum atomic E-state index is -0.547. The van der Waals surface area contributed by atoms with Crippen molar-refractivity contribution in [2.45, 2.75) is 38.7 Å². The van der Waals surface area contributed by atoms with Crippen LogP contribution < -0.4 is 5.73 Å². The zero-order valence-corrected chi connectivity index (χ0v) is 12.0. The number of methoxy groups -OCH3 is 1. The molecule has 1 saturated heterocycles. The summed E-state index contributed by atoms with van der Waals surface area (Å²) in [5.41, 5.74) is 5.24. The molecule has 102 valence electrons. The average Bonchev–Trinajstić information content (AvgIpc) is 2.27. The highest BCUT2D eigenvalue weighted by molar-refractivity contribution is 7.80. The van der Waals surface area contributed by atoms with Crippen LogP contribution in [0.25, 0.3) is 0 Å². The number of thiocarbonyl (C=S) groups is 1. The third-order valence-electron chi connectivity index (χ3n) is 4.57. The second kappa shape index (κ2) is 5.13. The smallest absolute Gasteiger partial charge is 0.235 e. The molecule has 0 aromatic rings. The lowest BCUT2D eigenvalue weighted by molar-refractivity contribution is -0.147. The van der Waals surface area contributed by atoms with Crippen molar-refractivity contribution >= 4 is 23.1 Å². The van der Waals surface area contributed by atoms with Gasteiger partial charge in [-0.1, -0.05) is 25.6 Å². The lowest BCUT2D eigenvalue weighted by Gasteiger charge is -2.45. The minimum Gasteiger partial charge on any atom is -0.392 e. The van der Waals surface area contributed by atoms with E-state index in [1.807, 2.05) is 4.90 Å². The molecule has 0 bridgehead atoms. The maximum absolute atomic E-state index is 12.6. The molecule has 5 heteroatoms. The van der Waals surface area contributed by atoms with Gasteiger partial charge in [0.2, 0.25) is 5.91 Å². The fourth-order valence-corrected chi connectivity index (χ4v) is 3.22. The number of nitrogens with two attached hydrogens (primary N) is 1. The van der Waals surface area contributed by atoms with E-state index < -0.39 is 5.41 Å². The Morgan fingerprint density at radius 3 is 2.61 bits per heavy atom. The van der Waals surface area contributed by atoms with E-state index in [-0.39, 0.29) is 12.0 Å². The van der Waals surface area contributed by atoms with Crippen LogP contribution in [-0.2, 0) is 9.53 Å². The molecule has 2 atom stereocenters. The number of likely N-dealkylation sites (tertiary alicyclic amines) is 1. The predicted molar refractivity (Wildman–Crippen MR) is 74.2 cm³/mol. The Labute approximate surface area is 114 Å². The van der Waals surface area contributed by atoms with Crippen molar-refractivity contribution < 1.29 is 9.53 Å². The number of hydrogen-bond acceptors (Lipinski definition) is 3. The van der Waals surface area contributed by atoms with Gasteiger partial charge in [-0.05, 0) is 25.2 Å². The minimum absolute atomic E-state index is 0.121. The van der Waals surface area contributed by atoms with Crippen LogP contribution in [0, 0.1) is 11.3 Å². The first kappa shape index (κ1) is 13.7. The van der Waals surface area contributed by atoms with Gasteiger partial charge in [0.15, 0.2) is 0 Å². The maximum atomic E-state index is 12.6. The van der Waals surface area contributed by atoms with Crippen molar-refractivity contribution in [3.63, 3.8) is 0 Å². The first-order valence-electron chi connectivity index (χ1n) is 6.63. The largest absolute Gasteiger partial charge is 0.392 e. The van der Waals surface area contributed by atoms with Crippen LogP contribution in [0.5, 0.6) is 0 Å². The fourth-order valence-electron chi connectivity index (χ4n) is 2.92. The van der Waals surface area contributed by atoms with Gasteiger partial charge in [0.05, 0.1) is 16.5 Å². The Morgan fingerprint density at radius 1 is 1.50 bits per heavy atom. The molecule has 2 fully saturated rings. The number of carbonyl (C=O) groups excluding carboxylic acids is 1. The Kier molecular flexibility index (Phi) is 3.92. The molecule has 1 saturated carbocycles. The summed E-state index contributed by atoms with van der Waals surface area (Å²) < 4.78 is 5.45. The van der Waals surface area contributed by atoms with Crippen LogP contribution in [0.4, 0.5) is 0 Å². The standard InChI is InChI=1S/C13H22N2O2S/c1-9-4-7-15(8-10(9)17-2)12(16)13(11(14)18)5-3-6-13/h9-10H,3-8H2,1-2H3,(H2,14,18). The normalized spacial score (nSPS) is 30.7. The number of rotatable bonds is 3. The second-order valence-electron chi connectivity index (χ2n) is 5.59. The second-order valence-corrected chi connectivity index (χ2v) is 6.03. The van der Waals surface area contributed by atoms with Gasteiger partial charge in [-0.15, -0.1) is 0 Å². The summed E-state index contributed by atoms with van der Waals surface area (Å²) in [5, 5.41) is 0. The molecule has 2 rings (SSSR count). The summed E-state index contributed by atoms with van der Waals surface area (Å²) in [6, 6.07) is 0. The van der Waals surface area contributed by atoms with Gasteiger partial charge in [0.25, 0.3) is 0 Å². The molecule has 0 aromatic heterocycles. The van der Waals surface area contributed by atoms with Gasteiger partial charge in [0.1, 0.15) is 0 Å². The van der Waals surface area contributed by atoms with E-state index in [0.29, 0.717) is 17.5 Å². The third kappa shape index (κ3) is 2.14. The van der Waals surface area contributed by atoms with E-state index in [1.165, 1.54) is 0 Å². The van der Waals surface area contributed by atoms with Crippen molar-refractivity contribution in [1.82, 2.24) is 4.90 Å². The quantitative estimate of drug-likeness (QED) is 0.786. The number of amides is 1. The summed E-state index contributed by atoms with van der Waals surface area (Å²) >= 11 is 5.11. The number of nitrogens with zero attached hydrogens (tertiary/aromatic N) is 1. The van der Waals surface area contributed by atoms with Crippen LogP contribution in [0.3, 0.4) is 0 Å². The summed E-state index contributed by atoms with van der Waals surface area (Å²) in [6.45, 7) is 3.63. The molecule has 2 N–H and O–H groups in total. The Hall–Kier alpha value is -0.680. The number of carbonyl (C=O) groups is 1. The highest BCUT2D eigenvalue weighted by Crippen LogP contribution is 2.43. The van der Waals surface area contributed by atoms with Crippen LogP contribution in [0.15, 0.2) is 0 Å². The first-order valence-corrected chi connectivity index (χ1v) is 7.04. The SMILES string of the molecule is COC1CN(C(=O)C2(C(N)=S)CCC2)CCC1C. The van der Waals surface area contributed by atoms with Gasteiger partial charge in [0, 0.05) is 20.2 Å². The predicted octanol–water partition coefficient (Wildman–Crippen LogP) is 1.33. The van der Waals surface area contributed by atoms with Crippen molar-refractivity contribution in [3.05, 3.63) is 0 Å². The highest BCUT2D eigenvalue weighted by Gasteiger charge is 2.49. The molecule has 2 aliphatic rings. The van der Waals surface area contributed by atoms with E-state index in [9.17, 15) is 4.79 Å². The van der Waals surface area contributed by atoms with Crippen molar-refractivity contribution in [1.29, 1.82) is 0 Å². The molecular formula is C13H22N2O2S. The molecule has 0 spiro atoms. The molecule has 0 radical (unpaired) electrons. The van der Waals surface area contributed by atoms with Crippen LogP contribution in [0.2, 0.25) is 0 Å².